The van der Waals surface area contributed by atoms with Crippen LogP contribution in [0.25, 0.3) is 54.6 Å². The van der Waals surface area contributed by atoms with Crippen LogP contribution >= 0.6 is 0 Å². The molecule has 0 heterocycles. The third kappa shape index (κ3) is 3.51. The molecule has 0 atom stereocenters. The number of hydrogen-bond donors (Lipinski definition) is 0. The minimum Gasteiger partial charge on any atom is -0.310 e. The second-order valence-corrected chi connectivity index (χ2v) is 13.6. The number of nitrogens with zero attached hydrogens (tertiary/aromatic N) is 1. The summed E-state index contributed by atoms with van der Waals surface area (Å²) in [7, 11) is 0. The van der Waals surface area contributed by atoms with Crippen LogP contribution in [0.4, 0.5) is 17.1 Å². The van der Waals surface area contributed by atoms with Crippen molar-refractivity contribution >= 4 is 49.4 Å². The van der Waals surface area contributed by atoms with Gasteiger partial charge in [0.15, 0.2) is 0 Å². The van der Waals surface area contributed by atoms with Crippen molar-refractivity contribution in [2.75, 3.05) is 4.90 Å². The lowest BCUT2D eigenvalue weighted by molar-refractivity contribution is 0.794. The Morgan fingerprint density at radius 3 is 1.38 bits per heavy atom. The molecule has 2 aliphatic carbocycles. The average molecular weight is 634 g/mol. The van der Waals surface area contributed by atoms with Gasteiger partial charge >= 0.3 is 0 Å². The quantitative estimate of drug-likeness (QED) is 0.175. The van der Waals surface area contributed by atoms with Gasteiger partial charge < -0.3 is 4.90 Å². The first-order chi connectivity index (χ1) is 24.8. The fourth-order valence-corrected chi connectivity index (χ4v) is 9.35. The second-order valence-electron chi connectivity index (χ2n) is 13.6. The molecule has 11 rings (SSSR count). The van der Waals surface area contributed by atoms with Crippen LogP contribution in [-0.4, -0.2) is 0 Å². The maximum absolute atomic E-state index is 2.48. The fourth-order valence-electron chi connectivity index (χ4n) is 9.35. The summed E-state index contributed by atoms with van der Waals surface area (Å²) in [5, 5.41) is 7.68. The van der Waals surface area contributed by atoms with Crippen LogP contribution in [0.5, 0.6) is 0 Å². The van der Waals surface area contributed by atoms with E-state index in [1.807, 2.05) is 0 Å². The number of fused-ring (bicyclic) bond motifs is 16. The van der Waals surface area contributed by atoms with Crippen LogP contribution in [0.15, 0.2) is 188 Å². The monoisotopic (exact) mass is 633 g/mol. The summed E-state index contributed by atoms with van der Waals surface area (Å²) in [6.45, 7) is 0. The lowest BCUT2D eigenvalue weighted by Gasteiger charge is -2.32. The van der Waals surface area contributed by atoms with Crippen LogP contribution in [-0.2, 0) is 5.41 Å². The Bertz CT molecular complexity index is 2750. The molecule has 0 saturated carbocycles. The van der Waals surface area contributed by atoms with Crippen LogP contribution in [0.3, 0.4) is 0 Å². The van der Waals surface area contributed by atoms with Gasteiger partial charge in [-0.3, -0.25) is 0 Å². The van der Waals surface area contributed by atoms with E-state index in [0.717, 1.165) is 11.4 Å². The van der Waals surface area contributed by atoms with Gasteiger partial charge in [-0.25, -0.2) is 0 Å². The molecule has 0 aliphatic heterocycles. The number of benzene rings is 9. The average Bonchev–Trinajstić information content (AvgIpc) is 3.67. The number of anilines is 3. The number of hydrogen-bond acceptors (Lipinski definition) is 1. The molecular formula is C49H31N. The van der Waals surface area contributed by atoms with Gasteiger partial charge in [0, 0.05) is 16.9 Å². The van der Waals surface area contributed by atoms with Crippen LogP contribution in [0, 0.1) is 0 Å². The van der Waals surface area contributed by atoms with Gasteiger partial charge in [0.2, 0.25) is 0 Å². The first kappa shape index (κ1) is 27.5. The van der Waals surface area contributed by atoms with Crippen LogP contribution < -0.4 is 4.90 Å². The zero-order chi connectivity index (χ0) is 32.8. The highest BCUT2D eigenvalue weighted by atomic mass is 15.1. The Balaban J connectivity index is 1.24. The van der Waals surface area contributed by atoms with Gasteiger partial charge in [0.05, 0.1) is 11.1 Å². The molecule has 9 aromatic rings. The molecule has 0 unspecified atom stereocenters. The largest absolute Gasteiger partial charge is 0.310 e. The molecule has 0 radical (unpaired) electrons. The summed E-state index contributed by atoms with van der Waals surface area (Å²) in [5.74, 6) is 0. The van der Waals surface area contributed by atoms with E-state index in [-0.39, 0.29) is 0 Å². The molecule has 1 nitrogen and oxygen atoms in total. The lowest BCUT2D eigenvalue weighted by atomic mass is 9.70. The summed E-state index contributed by atoms with van der Waals surface area (Å²) in [6.07, 6.45) is 0. The van der Waals surface area contributed by atoms with Gasteiger partial charge in [-0.05, 0) is 102 Å². The van der Waals surface area contributed by atoms with E-state index >= 15 is 0 Å². The first-order valence-electron chi connectivity index (χ1n) is 17.5. The maximum Gasteiger partial charge on any atom is 0.0726 e. The van der Waals surface area contributed by atoms with Gasteiger partial charge in [-0.2, -0.15) is 0 Å². The van der Waals surface area contributed by atoms with Crippen LogP contribution in [0.1, 0.15) is 22.3 Å². The SMILES string of the molecule is c1ccc(N(c2ccc3c4ccccc4c4ccccc4c3c2)c2cccc3c2-c2ccccc2C32c3ccccc3-c3ccccc32)cc1. The van der Waals surface area contributed by atoms with E-state index in [4.69, 9.17) is 0 Å². The van der Waals surface area contributed by atoms with Gasteiger partial charge in [0.25, 0.3) is 0 Å². The summed E-state index contributed by atoms with van der Waals surface area (Å²) in [5.41, 5.74) is 13.7. The summed E-state index contributed by atoms with van der Waals surface area (Å²) in [6, 6.07) is 69.7. The fraction of sp³-hybridized carbons (Fsp3) is 0.0204. The minimum atomic E-state index is -0.393. The van der Waals surface area contributed by atoms with E-state index in [1.165, 1.54) is 82.5 Å². The Labute approximate surface area is 291 Å². The normalized spacial score (nSPS) is 13.4. The van der Waals surface area contributed by atoms with E-state index < -0.39 is 5.41 Å². The van der Waals surface area contributed by atoms with Crippen molar-refractivity contribution < 1.29 is 0 Å². The molecular weight excluding hydrogens is 603 g/mol. The van der Waals surface area contributed by atoms with Crippen molar-refractivity contribution in [3.05, 3.63) is 210 Å². The third-order valence-corrected chi connectivity index (χ3v) is 11.2. The summed E-state index contributed by atoms with van der Waals surface area (Å²) >= 11 is 0. The Hall–Kier alpha value is -6.44. The summed E-state index contributed by atoms with van der Waals surface area (Å²) < 4.78 is 0. The van der Waals surface area contributed by atoms with Crippen molar-refractivity contribution in [1.29, 1.82) is 0 Å². The van der Waals surface area contributed by atoms with Crippen LogP contribution in [0.2, 0.25) is 0 Å². The zero-order valence-corrected chi connectivity index (χ0v) is 27.3. The Morgan fingerprint density at radius 2 is 0.760 bits per heavy atom. The molecule has 0 fully saturated rings. The molecule has 0 N–H and O–H groups in total. The predicted octanol–water partition coefficient (Wildman–Crippen LogP) is 13.0. The molecule has 1 spiro atoms. The van der Waals surface area contributed by atoms with Gasteiger partial charge in [-0.15, -0.1) is 0 Å². The molecule has 0 aromatic heterocycles. The van der Waals surface area contributed by atoms with Crippen molar-refractivity contribution in [2.45, 2.75) is 5.41 Å². The molecule has 2 aliphatic rings. The van der Waals surface area contributed by atoms with Crippen molar-refractivity contribution in [1.82, 2.24) is 0 Å². The van der Waals surface area contributed by atoms with Gasteiger partial charge in [0.1, 0.15) is 0 Å². The smallest absolute Gasteiger partial charge is 0.0726 e. The molecule has 1 heteroatoms. The van der Waals surface area contributed by atoms with Gasteiger partial charge in [-0.1, -0.05) is 158 Å². The summed E-state index contributed by atoms with van der Waals surface area (Å²) in [4.78, 5) is 2.48. The van der Waals surface area contributed by atoms with Crippen molar-refractivity contribution in [3.63, 3.8) is 0 Å². The number of para-hydroxylation sites is 1. The highest BCUT2D eigenvalue weighted by Gasteiger charge is 2.52. The highest BCUT2D eigenvalue weighted by Crippen LogP contribution is 2.64. The predicted molar refractivity (Wildman–Crippen MR) is 210 cm³/mol. The van der Waals surface area contributed by atoms with E-state index in [1.54, 1.807) is 0 Å². The molecule has 0 saturated heterocycles. The molecule has 50 heavy (non-hydrogen) atoms. The zero-order valence-electron chi connectivity index (χ0n) is 27.3. The lowest BCUT2D eigenvalue weighted by Crippen LogP contribution is -2.26. The third-order valence-electron chi connectivity index (χ3n) is 11.2. The maximum atomic E-state index is 2.48. The molecule has 0 bridgehead atoms. The first-order valence-corrected chi connectivity index (χ1v) is 17.5. The minimum absolute atomic E-state index is 0.393. The Morgan fingerprint density at radius 1 is 0.300 bits per heavy atom. The highest BCUT2D eigenvalue weighted by molar-refractivity contribution is 6.25. The standard InChI is InChI=1S/C49H31N/c1-2-15-32(16-3-1)50(33-29-30-38-36-19-5-4-17-34(36)35-18-6-7-20-37(35)42(38)31-33)47-28-14-27-46-48(47)41-23-10-13-26-45(41)49(46)43-24-11-8-21-39(43)40-22-9-12-25-44(40)49/h1-31H. The second kappa shape index (κ2) is 10.3. The van der Waals surface area contributed by atoms with Crippen molar-refractivity contribution in [2.24, 2.45) is 0 Å². The topological polar surface area (TPSA) is 3.24 Å². The van der Waals surface area contributed by atoms with E-state index in [2.05, 4.69) is 193 Å². The van der Waals surface area contributed by atoms with E-state index in [9.17, 15) is 0 Å². The number of rotatable bonds is 3. The molecule has 9 aromatic carbocycles. The molecule has 0 amide bonds. The van der Waals surface area contributed by atoms with Crippen molar-refractivity contribution in [3.8, 4) is 22.3 Å². The Kier molecular flexibility index (Phi) is 5.66. The van der Waals surface area contributed by atoms with E-state index in [0.29, 0.717) is 0 Å². The molecule has 232 valence electrons.